The molecule has 102 valence electrons. The zero-order chi connectivity index (χ0) is 13.8. The van der Waals surface area contributed by atoms with Gasteiger partial charge in [-0.05, 0) is 24.6 Å². The van der Waals surface area contributed by atoms with Crippen LogP contribution in [0.1, 0.15) is 12.0 Å². The number of aryl methyl sites for hydroxylation is 1. The normalized spacial score (nSPS) is 12.7. The summed E-state index contributed by atoms with van der Waals surface area (Å²) in [5.41, 5.74) is 7.85. The number of nitrogens with two attached hydrogens (primary N) is 1. The minimum Gasteiger partial charge on any atom is -0.480 e. The van der Waals surface area contributed by atoms with Gasteiger partial charge in [-0.2, -0.15) is 0 Å². The quantitative estimate of drug-likeness (QED) is 0.679. The van der Waals surface area contributed by atoms with E-state index in [-0.39, 0.29) is 0 Å². The lowest BCUT2D eigenvalue weighted by Crippen LogP contribution is -2.33. The first-order valence-electron chi connectivity index (χ1n) is 6.31. The van der Waals surface area contributed by atoms with Gasteiger partial charge in [0.1, 0.15) is 6.04 Å². The fourth-order valence-corrected chi connectivity index (χ4v) is 2.17. The number of hydrogen-bond acceptors (Lipinski definition) is 3. The van der Waals surface area contributed by atoms with Gasteiger partial charge in [-0.3, -0.25) is 4.79 Å². The van der Waals surface area contributed by atoms with Crippen LogP contribution in [0.2, 0.25) is 0 Å². The zero-order valence-electron chi connectivity index (χ0n) is 11.0. The van der Waals surface area contributed by atoms with Crippen LogP contribution in [0.4, 0.5) is 0 Å². The molecule has 0 aliphatic rings. The summed E-state index contributed by atoms with van der Waals surface area (Å²) < 4.78 is 2.09. The Morgan fingerprint density at radius 3 is 2.95 bits per heavy atom. The van der Waals surface area contributed by atoms with Crippen molar-refractivity contribution in [1.82, 2.24) is 9.88 Å². The summed E-state index contributed by atoms with van der Waals surface area (Å²) in [6.07, 6.45) is 2.52. The molecule has 0 amide bonds. The molecule has 2 rings (SSSR count). The highest BCUT2D eigenvalue weighted by atomic mass is 16.4. The van der Waals surface area contributed by atoms with Crippen LogP contribution >= 0.6 is 0 Å². The molecule has 1 atom stereocenters. The maximum atomic E-state index is 10.6. The highest BCUT2D eigenvalue weighted by Crippen LogP contribution is 2.19. The molecule has 0 aliphatic carbocycles. The molecule has 0 bridgehead atoms. The summed E-state index contributed by atoms with van der Waals surface area (Å²) in [6.45, 7) is 1.31. The van der Waals surface area contributed by atoms with Crippen molar-refractivity contribution in [3.05, 3.63) is 36.0 Å². The first-order valence-corrected chi connectivity index (χ1v) is 6.31. The average molecular weight is 261 g/mol. The molecule has 1 heterocycles. The van der Waals surface area contributed by atoms with Gasteiger partial charge in [-0.15, -0.1) is 0 Å². The number of para-hydroxylation sites is 1. The molecule has 0 spiro atoms. The molecule has 0 saturated heterocycles. The van der Waals surface area contributed by atoms with Crippen molar-refractivity contribution in [3.63, 3.8) is 0 Å². The molecule has 0 aliphatic heterocycles. The lowest BCUT2D eigenvalue weighted by Gasteiger charge is -2.07. The molecule has 0 saturated carbocycles. The van der Waals surface area contributed by atoms with Crippen molar-refractivity contribution in [2.75, 3.05) is 6.54 Å². The number of carboxylic acid groups (broad SMARTS) is 1. The Balaban J connectivity index is 1.93. The number of rotatable bonds is 6. The minimum atomic E-state index is -0.952. The van der Waals surface area contributed by atoms with Crippen molar-refractivity contribution in [2.24, 2.45) is 12.8 Å². The van der Waals surface area contributed by atoms with Crippen LogP contribution in [-0.4, -0.2) is 28.2 Å². The number of benzene rings is 1. The highest BCUT2D eigenvalue weighted by molar-refractivity contribution is 5.83. The largest absolute Gasteiger partial charge is 0.480 e. The summed E-state index contributed by atoms with van der Waals surface area (Å²) in [5.74, 6) is -0.952. The van der Waals surface area contributed by atoms with E-state index in [1.165, 1.54) is 16.5 Å². The number of aliphatic carboxylic acids is 1. The average Bonchev–Trinajstić information content (AvgIpc) is 2.72. The van der Waals surface area contributed by atoms with Crippen molar-refractivity contribution in [3.8, 4) is 0 Å². The summed E-state index contributed by atoms with van der Waals surface area (Å²) in [6, 6.07) is 7.42. The Labute approximate surface area is 112 Å². The molecule has 0 radical (unpaired) electrons. The van der Waals surface area contributed by atoms with Crippen LogP contribution in [0.15, 0.2) is 30.5 Å². The molecule has 5 heteroatoms. The summed E-state index contributed by atoms with van der Waals surface area (Å²) in [4.78, 5) is 10.6. The molecule has 19 heavy (non-hydrogen) atoms. The molecule has 1 unspecified atom stereocenters. The third kappa shape index (κ3) is 3.13. The van der Waals surface area contributed by atoms with Gasteiger partial charge in [-0.1, -0.05) is 18.2 Å². The molecule has 4 N–H and O–H groups in total. The number of carboxylic acids is 1. The number of aromatic nitrogens is 1. The fraction of sp³-hybridized carbons (Fsp3) is 0.357. The summed E-state index contributed by atoms with van der Waals surface area (Å²) in [5, 5.41) is 13.1. The zero-order valence-corrected chi connectivity index (χ0v) is 11.0. The van der Waals surface area contributed by atoms with Gasteiger partial charge in [0.2, 0.25) is 0 Å². The lowest BCUT2D eigenvalue weighted by molar-refractivity contribution is -0.138. The summed E-state index contributed by atoms with van der Waals surface area (Å²) >= 11 is 0. The van der Waals surface area contributed by atoms with E-state index >= 15 is 0 Å². The number of hydrogen-bond donors (Lipinski definition) is 3. The second-order valence-corrected chi connectivity index (χ2v) is 4.69. The molecular formula is C14H19N3O2. The van der Waals surface area contributed by atoms with Crippen molar-refractivity contribution in [1.29, 1.82) is 0 Å². The van der Waals surface area contributed by atoms with Gasteiger partial charge in [0.25, 0.3) is 0 Å². The van der Waals surface area contributed by atoms with Gasteiger partial charge in [0.15, 0.2) is 0 Å². The van der Waals surface area contributed by atoms with Gasteiger partial charge < -0.3 is 20.7 Å². The number of fused-ring (bicyclic) bond motifs is 1. The fourth-order valence-electron chi connectivity index (χ4n) is 2.17. The third-order valence-electron chi connectivity index (χ3n) is 3.24. The van der Waals surface area contributed by atoms with Crippen LogP contribution in [-0.2, 0) is 18.4 Å². The van der Waals surface area contributed by atoms with Crippen LogP contribution in [0.5, 0.6) is 0 Å². The van der Waals surface area contributed by atoms with E-state index in [4.69, 9.17) is 10.8 Å². The SMILES string of the molecule is Cn1cc(CNCCC(N)C(=O)O)c2ccccc21. The van der Waals surface area contributed by atoms with E-state index in [0.717, 1.165) is 0 Å². The van der Waals surface area contributed by atoms with Gasteiger partial charge in [-0.25, -0.2) is 0 Å². The first kappa shape index (κ1) is 13.6. The maximum Gasteiger partial charge on any atom is 0.320 e. The minimum absolute atomic E-state index is 0.431. The predicted octanol–water partition coefficient (Wildman–Crippen LogP) is 1.07. The van der Waals surface area contributed by atoms with Gasteiger partial charge in [0, 0.05) is 30.7 Å². The number of nitrogens with zero attached hydrogens (tertiary/aromatic N) is 1. The molecule has 1 aromatic carbocycles. The van der Waals surface area contributed by atoms with Gasteiger partial charge in [0.05, 0.1) is 0 Å². The van der Waals surface area contributed by atoms with E-state index in [2.05, 4.69) is 28.2 Å². The van der Waals surface area contributed by atoms with E-state index in [1.54, 1.807) is 0 Å². The highest BCUT2D eigenvalue weighted by Gasteiger charge is 2.10. The smallest absolute Gasteiger partial charge is 0.320 e. The van der Waals surface area contributed by atoms with Crippen LogP contribution in [0.25, 0.3) is 10.9 Å². The predicted molar refractivity (Wildman–Crippen MR) is 74.9 cm³/mol. The molecule has 0 fully saturated rings. The standard InChI is InChI=1S/C14H19N3O2/c1-17-9-10(11-4-2-3-5-13(11)17)8-16-7-6-12(15)14(18)19/h2-5,9,12,16H,6-8,15H2,1H3,(H,18,19). The second-order valence-electron chi connectivity index (χ2n) is 4.69. The van der Waals surface area contributed by atoms with E-state index in [0.29, 0.717) is 19.5 Å². The Kier molecular flexibility index (Phi) is 4.19. The van der Waals surface area contributed by atoms with Crippen molar-refractivity contribution in [2.45, 2.75) is 19.0 Å². The molecular weight excluding hydrogens is 242 g/mol. The number of nitrogens with one attached hydrogen (secondary N) is 1. The first-order chi connectivity index (χ1) is 9.09. The van der Waals surface area contributed by atoms with E-state index < -0.39 is 12.0 Å². The maximum absolute atomic E-state index is 10.6. The van der Waals surface area contributed by atoms with Crippen LogP contribution in [0.3, 0.4) is 0 Å². The van der Waals surface area contributed by atoms with E-state index in [1.807, 2.05) is 19.2 Å². The Morgan fingerprint density at radius 2 is 2.21 bits per heavy atom. The molecule has 2 aromatic rings. The van der Waals surface area contributed by atoms with Crippen LogP contribution in [0, 0.1) is 0 Å². The van der Waals surface area contributed by atoms with E-state index in [9.17, 15) is 4.79 Å². The topological polar surface area (TPSA) is 80.3 Å². The summed E-state index contributed by atoms with van der Waals surface area (Å²) in [7, 11) is 2.02. The molecule has 1 aromatic heterocycles. The Hall–Kier alpha value is -1.85. The lowest BCUT2D eigenvalue weighted by atomic mass is 10.1. The monoisotopic (exact) mass is 261 g/mol. The number of carbonyl (C=O) groups is 1. The van der Waals surface area contributed by atoms with Gasteiger partial charge >= 0.3 is 5.97 Å². The second kappa shape index (κ2) is 5.86. The Morgan fingerprint density at radius 1 is 1.47 bits per heavy atom. The molecule has 5 nitrogen and oxygen atoms in total. The third-order valence-corrected chi connectivity index (χ3v) is 3.24. The van der Waals surface area contributed by atoms with Crippen molar-refractivity contribution >= 4 is 16.9 Å². The van der Waals surface area contributed by atoms with Crippen LogP contribution < -0.4 is 11.1 Å². The Bertz CT molecular complexity index is 577. The van der Waals surface area contributed by atoms with Crippen molar-refractivity contribution < 1.29 is 9.90 Å².